The first-order valence-electron chi connectivity index (χ1n) is 8.74. The zero-order valence-electron chi connectivity index (χ0n) is 15.0. The van der Waals surface area contributed by atoms with E-state index in [4.69, 9.17) is 25.6 Å². The monoisotopic (exact) mass is 386 g/mol. The molecule has 8 heteroatoms. The SMILES string of the molecule is CC(C)Oc1ncc(-c2nc(-c3cccc4c3OCCNC4)no2)cc1Cl. The van der Waals surface area contributed by atoms with Gasteiger partial charge in [0.1, 0.15) is 17.4 Å². The fourth-order valence-corrected chi connectivity index (χ4v) is 3.03. The zero-order chi connectivity index (χ0) is 18.8. The molecule has 27 heavy (non-hydrogen) atoms. The van der Waals surface area contributed by atoms with Crippen LogP contribution in [0.25, 0.3) is 22.8 Å². The summed E-state index contributed by atoms with van der Waals surface area (Å²) >= 11 is 6.26. The highest BCUT2D eigenvalue weighted by atomic mass is 35.5. The Morgan fingerprint density at radius 2 is 2.19 bits per heavy atom. The Kier molecular flexibility index (Phi) is 4.96. The molecule has 0 radical (unpaired) electrons. The molecule has 7 nitrogen and oxygen atoms in total. The van der Waals surface area contributed by atoms with Crippen molar-refractivity contribution in [3.8, 4) is 34.5 Å². The molecule has 1 aliphatic heterocycles. The molecular weight excluding hydrogens is 368 g/mol. The standard InChI is InChI=1S/C19H19ClN4O3/c1-11(2)26-19-15(20)8-13(10-22-19)18-23-17(24-27-18)14-5-3-4-12-9-21-6-7-25-16(12)14/h3-5,8,10-11,21H,6-7,9H2,1-2H3. The lowest BCUT2D eigenvalue weighted by molar-refractivity contribution is 0.233. The lowest BCUT2D eigenvalue weighted by Crippen LogP contribution is -2.16. The number of hydrogen-bond donors (Lipinski definition) is 1. The summed E-state index contributed by atoms with van der Waals surface area (Å²) in [6.07, 6.45) is 1.59. The number of fused-ring (bicyclic) bond motifs is 1. The highest BCUT2D eigenvalue weighted by Gasteiger charge is 2.19. The normalized spacial score (nSPS) is 13.8. The summed E-state index contributed by atoms with van der Waals surface area (Å²) in [7, 11) is 0. The van der Waals surface area contributed by atoms with Crippen LogP contribution >= 0.6 is 11.6 Å². The van der Waals surface area contributed by atoms with Crippen molar-refractivity contribution in [1.82, 2.24) is 20.4 Å². The molecule has 140 valence electrons. The van der Waals surface area contributed by atoms with Gasteiger partial charge in [0.15, 0.2) is 0 Å². The molecule has 0 saturated heterocycles. The number of benzene rings is 1. The van der Waals surface area contributed by atoms with Crippen LogP contribution in [0.5, 0.6) is 11.6 Å². The van der Waals surface area contributed by atoms with Gasteiger partial charge in [-0.15, -0.1) is 0 Å². The Morgan fingerprint density at radius 3 is 3.00 bits per heavy atom. The van der Waals surface area contributed by atoms with Gasteiger partial charge in [0, 0.05) is 24.8 Å². The van der Waals surface area contributed by atoms with Crippen LogP contribution in [0.1, 0.15) is 19.4 Å². The van der Waals surface area contributed by atoms with Crippen LogP contribution in [0.15, 0.2) is 35.0 Å². The van der Waals surface area contributed by atoms with Crippen LogP contribution in [0.4, 0.5) is 0 Å². The van der Waals surface area contributed by atoms with Crippen LogP contribution < -0.4 is 14.8 Å². The molecule has 0 bridgehead atoms. The first-order chi connectivity index (χ1) is 13.1. The quantitative estimate of drug-likeness (QED) is 0.731. The van der Waals surface area contributed by atoms with E-state index >= 15 is 0 Å². The third-order valence-electron chi connectivity index (χ3n) is 4.01. The molecule has 0 saturated carbocycles. The second kappa shape index (κ2) is 7.54. The van der Waals surface area contributed by atoms with Crippen molar-refractivity contribution < 1.29 is 14.0 Å². The third kappa shape index (κ3) is 3.74. The van der Waals surface area contributed by atoms with E-state index in [1.165, 1.54) is 0 Å². The molecule has 0 atom stereocenters. The van der Waals surface area contributed by atoms with Gasteiger partial charge in [-0.05, 0) is 26.0 Å². The zero-order valence-corrected chi connectivity index (χ0v) is 15.8. The Labute approximate surface area is 161 Å². The van der Waals surface area contributed by atoms with Gasteiger partial charge in [-0.2, -0.15) is 4.98 Å². The minimum absolute atomic E-state index is 0.0151. The van der Waals surface area contributed by atoms with Gasteiger partial charge in [-0.1, -0.05) is 28.9 Å². The summed E-state index contributed by atoms with van der Waals surface area (Å²) in [6.45, 7) is 5.95. The number of nitrogens with one attached hydrogen (secondary N) is 1. The Hall–Kier alpha value is -2.64. The number of nitrogens with zero attached hydrogens (tertiary/aromatic N) is 3. The van der Waals surface area contributed by atoms with Gasteiger partial charge in [0.25, 0.3) is 5.89 Å². The molecule has 3 aromatic rings. The average molecular weight is 387 g/mol. The highest BCUT2D eigenvalue weighted by molar-refractivity contribution is 6.32. The molecule has 1 aliphatic rings. The number of para-hydroxylation sites is 1. The molecule has 1 N–H and O–H groups in total. The van der Waals surface area contributed by atoms with Gasteiger partial charge >= 0.3 is 0 Å². The van der Waals surface area contributed by atoms with Crippen LogP contribution in [0.3, 0.4) is 0 Å². The number of rotatable bonds is 4. The summed E-state index contributed by atoms with van der Waals surface area (Å²) < 4.78 is 16.9. The van der Waals surface area contributed by atoms with Crippen molar-refractivity contribution in [2.24, 2.45) is 0 Å². The largest absolute Gasteiger partial charge is 0.491 e. The fourth-order valence-electron chi connectivity index (χ4n) is 2.82. The van der Waals surface area contributed by atoms with Crippen molar-refractivity contribution in [3.63, 3.8) is 0 Å². The minimum Gasteiger partial charge on any atom is -0.491 e. The Morgan fingerprint density at radius 1 is 1.30 bits per heavy atom. The van der Waals surface area contributed by atoms with Crippen molar-refractivity contribution in [2.45, 2.75) is 26.5 Å². The number of pyridine rings is 1. The second-order valence-corrected chi connectivity index (χ2v) is 6.83. The predicted molar refractivity (Wildman–Crippen MR) is 101 cm³/mol. The molecular formula is C19H19ClN4O3. The van der Waals surface area contributed by atoms with Crippen molar-refractivity contribution >= 4 is 11.6 Å². The van der Waals surface area contributed by atoms with E-state index in [0.29, 0.717) is 34.8 Å². The van der Waals surface area contributed by atoms with E-state index in [0.717, 1.165) is 30.0 Å². The number of ether oxygens (including phenoxy) is 2. The van der Waals surface area contributed by atoms with Crippen LogP contribution in [0.2, 0.25) is 5.02 Å². The Bertz CT molecular complexity index is 958. The number of aromatic nitrogens is 3. The topological polar surface area (TPSA) is 82.3 Å². The summed E-state index contributed by atoms with van der Waals surface area (Å²) in [5.41, 5.74) is 2.49. The maximum absolute atomic E-state index is 6.26. The maximum Gasteiger partial charge on any atom is 0.259 e. The van der Waals surface area contributed by atoms with Crippen molar-refractivity contribution in [1.29, 1.82) is 0 Å². The molecule has 2 aromatic heterocycles. The van der Waals surface area contributed by atoms with Gasteiger partial charge in [0.2, 0.25) is 11.7 Å². The van der Waals surface area contributed by atoms with Gasteiger partial charge in [-0.25, -0.2) is 4.98 Å². The van der Waals surface area contributed by atoms with Crippen molar-refractivity contribution in [3.05, 3.63) is 41.0 Å². The van der Waals surface area contributed by atoms with E-state index in [-0.39, 0.29) is 6.10 Å². The lowest BCUT2D eigenvalue weighted by Gasteiger charge is -2.10. The summed E-state index contributed by atoms with van der Waals surface area (Å²) in [5, 5.41) is 7.82. The van der Waals surface area contributed by atoms with Crippen molar-refractivity contribution in [2.75, 3.05) is 13.2 Å². The first-order valence-corrected chi connectivity index (χ1v) is 9.11. The minimum atomic E-state index is -0.0151. The first kappa shape index (κ1) is 17.8. The summed E-state index contributed by atoms with van der Waals surface area (Å²) in [6, 6.07) is 7.60. The molecule has 0 spiro atoms. The third-order valence-corrected chi connectivity index (χ3v) is 4.28. The summed E-state index contributed by atoms with van der Waals surface area (Å²) in [4.78, 5) is 8.75. The summed E-state index contributed by atoms with van der Waals surface area (Å²) in [5.74, 6) is 1.96. The van der Waals surface area contributed by atoms with Gasteiger partial charge < -0.3 is 19.3 Å². The predicted octanol–water partition coefficient (Wildman–Crippen LogP) is 3.72. The molecule has 0 aliphatic carbocycles. The fraction of sp³-hybridized carbons (Fsp3) is 0.316. The smallest absolute Gasteiger partial charge is 0.259 e. The molecule has 0 amide bonds. The van der Waals surface area contributed by atoms with Gasteiger partial charge in [0.05, 0.1) is 17.2 Å². The molecule has 0 fully saturated rings. The maximum atomic E-state index is 6.26. The average Bonchev–Trinajstić information content (AvgIpc) is 3.01. The van der Waals surface area contributed by atoms with E-state index in [1.807, 2.05) is 32.0 Å². The van der Waals surface area contributed by atoms with E-state index < -0.39 is 0 Å². The number of hydrogen-bond acceptors (Lipinski definition) is 7. The molecule has 1 aromatic carbocycles. The van der Waals surface area contributed by atoms with Crippen LogP contribution in [-0.4, -0.2) is 34.4 Å². The van der Waals surface area contributed by atoms with Gasteiger partial charge in [-0.3, -0.25) is 0 Å². The van der Waals surface area contributed by atoms with E-state index in [2.05, 4.69) is 20.4 Å². The van der Waals surface area contributed by atoms with Crippen LogP contribution in [-0.2, 0) is 6.54 Å². The van der Waals surface area contributed by atoms with E-state index in [9.17, 15) is 0 Å². The second-order valence-electron chi connectivity index (χ2n) is 6.42. The Balaban J connectivity index is 1.66. The molecule has 0 unspecified atom stereocenters. The highest BCUT2D eigenvalue weighted by Crippen LogP contribution is 2.34. The molecule has 4 rings (SSSR count). The van der Waals surface area contributed by atoms with E-state index in [1.54, 1.807) is 12.3 Å². The lowest BCUT2D eigenvalue weighted by atomic mass is 10.1. The van der Waals surface area contributed by atoms with Crippen LogP contribution in [0, 0.1) is 0 Å². The number of halogens is 1. The molecule has 3 heterocycles.